The lowest BCUT2D eigenvalue weighted by molar-refractivity contribution is 1.48. The molecule has 0 unspecified atom stereocenters. The minimum Gasteiger partial charge on any atom is -0.236 e. The molecule has 1 heterocycles. The van der Waals surface area contributed by atoms with E-state index in [9.17, 15) is 0 Å². The number of aromatic nitrogens is 1. The fourth-order valence-electron chi connectivity index (χ4n) is 1.77. The Kier molecular flexibility index (Phi) is 1.82. The van der Waals surface area contributed by atoms with E-state index in [0.29, 0.717) is 0 Å². The summed E-state index contributed by atoms with van der Waals surface area (Å²) >= 11 is 1.68. The fourth-order valence-corrected chi connectivity index (χ4v) is 2.60. The van der Waals surface area contributed by atoms with E-state index < -0.39 is 0 Å². The molecule has 15 heavy (non-hydrogen) atoms. The van der Waals surface area contributed by atoms with Gasteiger partial charge in [0.05, 0.1) is 10.2 Å². The Bertz CT molecular complexity index is 652. The molecule has 0 aliphatic carbocycles. The summed E-state index contributed by atoms with van der Waals surface area (Å²) in [4.78, 5) is 4.56. The summed E-state index contributed by atoms with van der Waals surface area (Å²) in [7, 11) is 0. The van der Waals surface area contributed by atoms with E-state index in [-0.39, 0.29) is 0 Å². The summed E-state index contributed by atoms with van der Waals surface area (Å²) < 4.78 is 1.23. The zero-order chi connectivity index (χ0) is 10.3. The van der Waals surface area contributed by atoms with Crippen molar-refractivity contribution in [2.24, 2.45) is 0 Å². The van der Waals surface area contributed by atoms with Gasteiger partial charge in [0.15, 0.2) is 0 Å². The first-order valence-electron chi connectivity index (χ1n) is 4.79. The van der Waals surface area contributed by atoms with Gasteiger partial charge in [-0.15, -0.1) is 11.3 Å². The zero-order valence-corrected chi connectivity index (χ0v) is 8.92. The molecule has 1 aromatic heterocycles. The second-order valence-electron chi connectivity index (χ2n) is 3.39. The predicted molar refractivity (Wildman–Crippen MR) is 67.2 cm³/mol. The smallest absolute Gasteiger partial charge is 0.116 e. The summed E-state index contributed by atoms with van der Waals surface area (Å²) in [6.07, 6.45) is 1.80. The molecule has 0 spiro atoms. The quantitative estimate of drug-likeness (QED) is 0.590. The van der Waals surface area contributed by atoms with E-state index in [0.717, 1.165) is 10.5 Å². The van der Waals surface area contributed by atoms with Crippen molar-refractivity contribution in [2.75, 3.05) is 0 Å². The topological polar surface area (TPSA) is 12.9 Å². The number of benzene rings is 2. The van der Waals surface area contributed by atoms with Gasteiger partial charge in [0.2, 0.25) is 0 Å². The Labute approximate surface area is 91.7 Å². The van der Waals surface area contributed by atoms with E-state index in [4.69, 9.17) is 0 Å². The minimum atomic E-state index is 0.987. The average Bonchev–Trinajstić information content (AvgIpc) is 2.72. The molecule has 2 aromatic carbocycles. The maximum Gasteiger partial charge on any atom is 0.116 e. The van der Waals surface area contributed by atoms with Gasteiger partial charge < -0.3 is 0 Å². The maximum absolute atomic E-state index is 4.56. The maximum atomic E-state index is 4.56. The Hall–Kier alpha value is -1.67. The first kappa shape index (κ1) is 8.62. The van der Waals surface area contributed by atoms with Crippen LogP contribution in [0.3, 0.4) is 0 Å². The average molecular weight is 211 g/mol. The minimum absolute atomic E-state index is 0.987. The van der Waals surface area contributed by atoms with Crippen molar-refractivity contribution in [3.63, 3.8) is 0 Å². The van der Waals surface area contributed by atoms with Crippen LogP contribution in [-0.2, 0) is 0 Å². The Morgan fingerprint density at radius 1 is 1.13 bits per heavy atom. The van der Waals surface area contributed by atoms with Crippen molar-refractivity contribution < 1.29 is 0 Å². The number of fused-ring (bicyclic) bond motifs is 3. The lowest BCUT2D eigenvalue weighted by Gasteiger charge is -1.96. The van der Waals surface area contributed by atoms with Crippen LogP contribution in [0.5, 0.6) is 0 Å². The molecule has 3 aromatic rings. The monoisotopic (exact) mass is 211 g/mol. The normalized spacial score (nSPS) is 10.9. The van der Waals surface area contributed by atoms with Gasteiger partial charge in [0.1, 0.15) is 5.01 Å². The summed E-state index contributed by atoms with van der Waals surface area (Å²) in [6.45, 7) is 3.75. The third-order valence-electron chi connectivity index (χ3n) is 2.47. The third-order valence-corrected chi connectivity index (χ3v) is 3.49. The summed E-state index contributed by atoms with van der Waals surface area (Å²) in [5.41, 5.74) is 1.09. The second kappa shape index (κ2) is 3.17. The van der Waals surface area contributed by atoms with Crippen LogP contribution in [0.15, 0.2) is 43.0 Å². The van der Waals surface area contributed by atoms with Crippen LogP contribution in [-0.4, -0.2) is 4.98 Å². The third kappa shape index (κ3) is 1.26. The first-order chi connectivity index (χ1) is 7.38. The van der Waals surface area contributed by atoms with Crippen LogP contribution in [0.25, 0.3) is 27.1 Å². The summed E-state index contributed by atoms with van der Waals surface area (Å²) in [6, 6.07) is 12.6. The summed E-state index contributed by atoms with van der Waals surface area (Å²) in [5.74, 6) is 0. The van der Waals surface area contributed by atoms with Gasteiger partial charge in [-0.1, -0.05) is 36.9 Å². The van der Waals surface area contributed by atoms with Crippen molar-refractivity contribution in [1.82, 2.24) is 4.98 Å². The molecule has 0 saturated heterocycles. The van der Waals surface area contributed by atoms with Crippen LogP contribution in [0.4, 0.5) is 0 Å². The van der Waals surface area contributed by atoms with Crippen LogP contribution < -0.4 is 0 Å². The van der Waals surface area contributed by atoms with E-state index in [2.05, 4.69) is 48.0 Å². The molecule has 0 fully saturated rings. The van der Waals surface area contributed by atoms with Crippen LogP contribution >= 0.6 is 11.3 Å². The Balaban J connectivity index is 2.52. The van der Waals surface area contributed by atoms with Gasteiger partial charge >= 0.3 is 0 Å². The van der Waals surface area contributed by atoms with Gasteiger partial charge in [-0.3, -0.25) is 0 Å². The molecule has 2 heteroatoms. The molecule has 0 bridgehead atoms. The molecule has 0 atom stereocenters. The highest BCUT2D eigenvalue weighted by Crippen LogP contribution is 2.29. The molecule has 0 saturated carbocycles. The van der Waals surface area contributed by atoms with Crippen LogP contribution in [0.1, 0.15) is 5.01 Å². The Morgan fingerprint density at radius 3 is 2.87 bits per heavy atom. The SMILES string of the molecule is C=Cc1nc2c(ccc3ccccc32)s1. The van der Waals surface area contributed by atoms with Crippen molar-refractivity contribution in [1.29, 1.82) is 0 Å². The van der Waals surface area contributed by atoms with Gasteiger partial charge in [0, 0.05) is 5.39 Å². The fraction of sp³-hybridized carbons (Fsp3) is 0. The standard InChI is InChI=1S/C13H9NS/c1-2-12-14-13-10-6-4-3-5-9(10)7-8-11(13)15-12/h2-8H,1H2. The largest absolute Gasteiger partial charge is 0.236 e. The lowest BCUT2D eigenvalue weighted by atomic mass is 10.1. The molecule has 1 nitrogen and oxygen atoms in total. The first-order valence-corrected chi connectivity index (χ1v) is 5.61. The van der Waals surface area contributed by atoms with E-state index in [1.807, 2.05) is 0 Å². The zero-order valence-electron chi connectivity index (χ0n) is 8.10. The number of hydrogen-bond acceptors (Lipinski definition) is 2. The number of hydrogen-bond donors (Lipinski definition) is 0. The highest BCUT2D eigenvalue weighted by molar-refractivity contribution is 7.19. The number of thiazole rings is 1. The van der Waals surface area contributed by atoms with Gasteiger partial charge in [-0.2, -0.15) is 0 Å². The van der Waals surface area contributed by atoms with E-state index in [1.54, 1.807) is 17.4 Å². The molecule has 0 N–H and O–H groups in total. The van der Waals surface area contributed by atoms with Crippen molar-refractivity contribution in [3.05, 3.63) is 48.0 Å². The number of rotatable bonds is 1. The molecule has 72 valence electrons. The molecule has 0 radical (unpaired) electrons. The second-order valence-corrected chi connectivity index (χ2v) is 4.45. The highest BCUT2D eigenvalue weighted by atomic mass is 32.1. The highest BCUT2D eigenvalue weighted by Gasteiger charge is 2.04. The molecular weight excluding hydrogens is 202 g/mol. The van der Waals surface area contributed by atoms with Gasteiger partial charge in [-0.25, -0.2) is 4.98 Å². The Morgan fingerprint density at radius 2 is 2.00 bits per heavy atom. The predicted octanol–water partition coefficient (Wildman–Crippen LogP) is 4.09. The van der Waals surface area contributed by atoms with Gasteiger partial charge in [-0.05, 0) is 17.5 Å². The van der Waals surface area contributed by atoms with E-state index >= 15 is 0 Å². The molecule has 0 aliphatic heterocycles. The molecule has 0 aliphatic rings. The number of nitrogens with zero attached hydrogens (tertiary/aromatic N) is 1. The van der Waals surface area contributed by atoms with Crippen LogP contribution in [0.2, 0.25) is 0 Å². The van der Waals surface area contributed by atoms with Crippen molar-refractivity contribution in [2.45, 2.75) is 0 Å². The van der Waals surface area contributed by atoms with Gasteiger partial charge in [0.25, 0.3) is 0 Å². The molecule has 3 rings (SSSR count). The van der Waals surface area contributed by atoms with Crippen molar-refractivity contribution in [3.8, 4) is 0 Å². The lowest BCUT2D eigenvalue weighted by Crippen LogP contribution is -1.74. The van der Waals surface area contributed by atoms with E-state index in [1.165, 1.54) is 15.5 Å². The van der Waals surface area contributed by atoms with Crippen molar-refractivity contribution >= 4 is 38.4 Å². The molecule has 0 amide bonds. The van der Waals surface area contributed by atoms with Crippen LogP contribution in [0, 0.1) is 0 Å². The summed E-state index contributed by atoms with van der Waals surface area (Å²) in [5, 5.41) is 3.45. The molecular formula is C13H9NS.